The van der Waals surface area contributed by atoms with Gasteiger partial charge in [-0.2, -0.15) is 0 Å². The Hall–Kier alpha value is -2.15. The Balaban J connectivity index is 2.02. The summed E-state index contributed by atoms with van der Waals surface area (Å²) >= 11 is 11.8. The molecule has 0 aliphatic rings. The maximum absolute atomic E-state index is 12.0. The number of para-hydroxylation sites is 1. The molecular formula is C18H16Cl2N2O. The minimum atomic E-state index is -0.276. The zero-order valence-electron chi connectivity index (χ0n) is 12.9. The van der Waals surface area contributed by atoms with Crippen molar-refractivity contribution in [2.24, 2.45) is 0 Å². The zero-order chi connectivity index (χ0) is 16.8. The molecule has 5 heteroatoms. The van der Waals surface area contributed by atoms with Gasteiger partial charge in [0.1, 0.15) is 0 Å². The molecule has 0 saturated heterocycles. The van der Waals surface area contributed by atoms with Gasteiger partial charge in [0.2, 0.25) is 0 Å². The van der Waals surface area contributed by atoms with Crippen molar-refractivity contribution in [2.45, 2.75) is 0 Å². The van der Waals surface area contributed by atoms with Crippen LogP contribution in [0.3, 0.4) is 0 Å². The fourth-order valence-electron chi connectivity index (χ4n) is 2.00. The molecule has 0 radical (unpaired) electrons. The second-order valence-electron chi connectivity index (χ2n) is 5.02. The molecule has 0 bridgehead atoms. The second kappa shape index (κ2) is 7.92. The molecular weight excluding hydrogens is 331 g/mol. The minimum Gasteiger partial charge on any atom is -0.377 e. The number of rotatable bonds is 3. The molecule has 2 aromatic carbocycles. The highest BCUT2D eigenvalue weighted by molar-refractivity contribution is 6.36. The normalized spacial score (nSPS) is 9.74. The molecule has 0 unspecified atom stereocenters. The van der Waals surface area contributed by atoms with Crippen molar-refractivity contribution in [1.29, 1.82) is 0 Å². The predicted molar refractivity (Wildman–Crippen MR) is 96.4 cm³/mol. The Morgan fingerprint density at radius 2 is 1.91 bits per heavy atom. The van der Waals surface area contributed by atoms with E-state index in [1.54, 1.807) is 12.1 Å². The van der Waals surface area contributed by atoms with Gasteiger partial charge in [0.05, 0.1) is 22.8 Å². The smallest absolute Gasteiger partial charge is 0.253 e. The van der Waals surface area contributed by atoms with E-state index in [-0.39, 0.29) is 12.5 Å². The molecule has 0 heterocycles. The van der Waals surface area contributed by atoms with E-state index in [9.17, 15) is 4.79 Å². The Bertz CT molecular complexity index is 776. The van der Waals surface area contributed by atoms with E-state index in [1.165, 1.54) is 6.07 Å². The zero-order valence-corrected chi connectivity index (χ0v) is 14.4. The quantitative estimate of drug-likeness (QED) is 0.856. The van der Waals surface area contributed by atoms with E-state index in [1.807, 2.05) is 43.3 Å². The third-order valence-corrected chi connectivity index (χ3v) is 3.67. The molecule has 0 spiro atoms. The van der Waals surface area contributed by atoms with Gasteiger partial charge in [0.15, 0.2) is 0 Å². The number of hydrogen-bond acceptors (Lipinski definition) is 2. The van der Waals surface area contributed by atoms with Gasteiger partial charge >= 0.3 is 0 Å². The number of nitrogens with one attached hydrogen (secondary N) is 1. The topological polar surface area (TPSA) is 32.3 Å². The largest absolute Gasteiger partial charge is 0.377 e. The molecule has 0 saturated carbocycles. The number of anilines is 1. The summed E-state index contributed by atoms with van der Waals surface area (Å²) in [6.45, 7) is 0.236. The molecule has 0 atom stereocenters. The SMILES string of the molecule is CN(C)c1ccccc1C#CCNC(=O)c1ccc(Cl)cc1Cl. The number of carbonyl (C=O) groups is 1. The fraction of sp³-hybridized carbons (Fsp3) is 0.167. The lowest BCUT2D eigenvalue weighted by molar-refractivity contribution is 0.0959. The van der Waals surface area contributed by atoms with Gasteiger partial charge in [-0.25, -0.2) is 0 Å². The summed E-state index contributed by atoms with van der Waals surface area (Å²) in [4.78, 5) is 14.0. The van der Waals surface area contributed by atoms with E-state index in [0.29, 0.717) is 15.6 Å². The monoisotopic (exact) mass is 346 g/mol. The van der Waals surface area contributed by atoms with Gasteiger partial charge in [-0.05, 0) is 30.3 Å². The van der Waals surface area contributed by atoms with Crippen LogP contribution in [0.25, 0.3) is 0 Å². The van der Waals surface area contributed by atoms with Crippen LogP contribution >= 0.6 is 23.2 Å². The Labute approximate surface area is 146 Å². The Morgan fingerprint density at radius 1 is 1.17 bits per heavy atom. The molecule has 0 aliphatic carbocycles. The number of carbonyl (C=O) groups excluding carboxylic acids is 1. The first kappa shape index (κ1) is 17.2. The maximum atomic E-state index is 12.0. The van der Waals surface area contributed by atoms with E-state index >= 15 is 0 Å². The highest BCUT2D eigenvalue weighted by Crippen LogP contribution is 2.20. The van der Waals surface area contributed by atoms with Crippen LogP contribution in [-0.2, 0) is 0 Å². The van der Waals surface area contributed by atoms with E-state index in [0.717, 1.165) is 11.3 Å². The molecule has 1 amide bonds. The first-order valence-corrected chi connectivity index (χ1v) is 7.73. The standard InChI is InChI=1S/C18H16Cl2N2O/c1-22(2)17-8-4-3-6-13(17)7-5-11-21-18(23)15-10-9-14(19)12-16(15)20/h3-4,6,8-10,12H,11H2,1-2H3,(H,21,23). The molecule has 118 valence electrons. The van der Waals surface area contributed by atoms with Gasteiger partial charge in [-0.3, -0.25) is 4.79 Å². The summed E-state index contributed by atoms with van der Waals surface area (Å²) in [6, 6.07) is 12.6. The van der Waals surface area contributed by atoms with Crippen LogP contribution in [0.4, 0.5) is 5.69 Å². The van der Waals surface area contributed by atoms with Crippen molar-refractivity contribution >= 4 is 34.8 Å². The van der Waals surface area contributed by atoms with Crippen LogP contribution in [0.1, 0.15) is 15.9 Å². The first-order chi connectivity index (χ1) is 11.0. The van der Waals surface area contributed by atoms with Crippen LogP contribution in [0.2, 0.25) is 10.0 Å². The van der Waals surface area contributed by atoms with Crippen LogP contribution in [0.15, 0.2) is 42.5 Å². The molecule has 2 rings (SSSR count). The molecule has 0 fully saturated rings. The highest BCUT2D eigenvalue weighted by atomic mass is 35.5. The van der Waals surface area contributed by atoms with Crippen molar-refractivity contribution < 1.29 is 4.79 Å². The number of nitrogens with zero attached hydrogens (tertiary/aromatic N) is 1. The summed E-state index contributed by atoms with van der Waals surface area (Å²) in [5.41, 5.74) is 2.33. The van der Waals surface area contributed by atoms with Crippen LogP contribution < -0.4 is 10.2 Å². The molecule has 0 aliphatic heterocycles. The van der Waals surface area contributed by atoms with Crippen LogP contribution in [0.5, 0.6) is 0 Å². The van der Waals surface area contributed by atoms with Crippen molar-refractivity contribution in [3.8, 4) is 11.8 Å². The molecule has 23 heavy (non-hydrogen) atoms. The highest BCUT2D eigenvalue weighted by Gasteiger charge is 2.09. The number of benzene rings is 2. The van der Waals surface area contributed by atoms with Gasteiger partial charge in [-0.1, -0.05) is 47.2 Å². The lowest BCUT2D eigenvalue weighted by Gasteiger charge is -2.13. The summed E-state index contributed by atoms with van der Waals surface area (Å²) in [6.07, 6.45) is 0. The third kappa shape index (κ3) is 4.66. The van der Waals surface area contributed by atoms with E-state index in [4.69, 9.17) is 23.2 Å². The van der Waals surface area contributed by atoms with E-state index in [2.05, 4.69) is 17.2 Å². The molecule has 0 aromatic heterocycles. The van der Waals surface area contributed by atoms with Crippen molar-refractivity contribution in [3.05, 3.63) is 63.6 Å². The van der Waals surface area contributed by atoms with Gasteiger partial charge in [0, 0.05) is 24.7 Å². The average Bonchev–Trinajstić information content (AvgIpc) is 2.51. The third-order valence-electron chi connectivity index (χ3n) is 3.12. The molecule has 2 aromatic rings. The molecule has 1 N–H and O–H groups in total. The van der Waals surface area contributed by atoms with Crippen LogP contribution in [-0.4, -0.2) is 26.5 Å². The number of hydrogen-bond donors (Lipinski definition) is 1. The second-order valence-corrected chi connectivity index (χ2v) is 5.86. The van der Waals surface area contributed by atoms with Gasteiger partial charge in [-0.15, -0.1) is 0 Å². The van der Waals surface area contributed by atoms with Crippen molar-refractivity contribution in [2.75, 3.05) is 25.5 Å². The summed E-state index contributed by atoms with van der Waals surface area (Å²) in [7, 11) is 3.93. The fourth-order valence-corrected chi connectivity index (χ4v) is 2.50. The average molecular weight is 347 g/mol. The van der Waals surface area contributed by atoms with Crippen molar-refractivity contribution in [3.63, 3.8) is 0 Å². The number of amides is 1. The Kier molecular flexibility index (Phi) is 5.92. The van der Waals surface area contributed by atoms with E-state index < -0.39 is 0 Å². The summed E-state index contributed by atoms with van der Waals surface area (Å²) in [5.74, 6) is 5.74. The van der Waals surface area contributed by atoms with Gasteiger partial charge < -0.3 is 10.2 Å². The lowest BCUT2D eigenvalue weighted by atomic mass is 10.1. The lowest BCUT2D eigenvalue weighted by Crippen LogP contribution is -2.23. The summed E-state index contributed by atoms with van der Waals surface area (Å²) < 4.78 is 0. The first-order valence-electron chi connectivity index (χ1n) is 6.97. The minimum absolute atomic E-state index is 0.236. The maximum Gasteiger partial charge on any atom is 0.253 e. The number of halogens is 2. The van der Waals surface area contributed by atoms with Crippen LogP contribution in [0, 0.1) is 11.8 Å². The van der Waals surface area contributed by atoms with Gasteiger partial charge in [0.25, 0.3) is 5.91 Å². The summed E-state index contributed by atoms with van der Waals surface area (Å²) in [5, 5.41) is 3.54. The Morgan fingerprint density at radius 3 is 2.61 bits per heavy atom. The van der Waals surface area contributed by atoms with Crippen molar-refractivity contribution in [1.82, 2.24) is 5.32 Å². The molecule has 3 nitrogen and oxygen atoms in total. The predicted octanol–water partition coefficient (Wildman–Crippen LogP) is 3.84.